The fraction of sp³-hybridized carbons (Fsp3) is 0.167. The van der Waals surface area contributed by atoms with E-state index in [4.69, 9.17) is 0 Å². The predicted molar refractivity (Wildman–Crippen MR) is 79.6 cm³/mol. The molecular formula is C12H13N3O3S2. The maximum Gasteiger partial charge on any atom is 0.275 e. The molecule has 0 radical (unpaired) electrons. The van der Waals surface area contributed by atoms with Gasteiger partial charge in [0.2, 0.25) is 10.0 Å². The highest BCUT2D eigenvalue weighted by atomic mass is 32.2. The number of hydrogen-bond donors (Lipinski definition) is 2. The Kier molecular flexibility index (Phi) is 4.35. The molecule has 2 aromatic rings. The Balaban J connectivity index is 2.04. The van der Waals surface area contributed by atoms with Crippen LogP contribution in [0.1, 0.15) is 17.4 Å². The smallest absolute Gasteiger partial charge is 0.275 e. The number of carbonyl (C=O) groups is 1. The van der Waals surface area contributed by atoms with Crippen molar-refractivity contribution in [2.75, 3.05) is 15.8 Å². The number of carbonyl (C=O) groups excluding carboxylic acids is 1. The Morgan fingerprint density at radius 2 is 1.90 bits per heavy atom. The molecule has 0 fully saturated rings. The van der Waals surface area contributed by atoms with E-state index >= 15 is 0 Å². The Morgan fingerprint density at radius 1 is 1.25 bits per heavy atom. The zero-order chi connectivity index (χ0) is 14.6. The van der Waals surface area contributed by atoms with Crippen LogP contribution in [0.5, 0.6) is 0 Å². The highest BCUT2D eigenvalue weighted by molar-refractivity contribution is 7.92. The number of nitrogens with one attached hydrogen (secondary N) is 2. The molecule has 0 aliphatic carbocycles. The first-order chi connectivity index (χ1) is 9.50. The number of rotatable bonds is 5. The van der Waals surface area contributed by atoms with E-state index in [0.29, 0.717) is 17.1 Å². The highest BCUT2D eigenvalue weighted by Gasteiger charge is 2.09. The molecule has 0 bridgehead atoms. The zero-order valence-electron chi connectivity index (χ0n) is 10.7. The lowest BCUT2D eigenvalue weighted by molar-refractivity contribution is 0.102. The Labute approximate surface area is 120 Å². The maximum absolute atomic E-state index is 11.8. The van der Waals surface area contributed by atoms with Crippen LogP contribution < -0.4 is 10.0 Å². The van der Waals surface area contributed by atoms with Gasteiger partial charge in [-0.05, 0) is 31.2 Å². The second kappa shape index (κ2) is 6.02. The van der Waals surface area contributed by atoms with E-state index in [0.717, 1.165) is 0 Å². The average Bonchev–Trinajstić information content (AvgIpc) is 2.95. The Hall–Kier alpha value is -1.93. The van der Waals surface area contributed by atoms with Crippen LogP contribution in [0.25, 0.3) is 0 Å². The van der Waals surface area contributed by atoms with Crippen LogP contribution in [-0.2, 0) is 10.0 Å². The molecule has 2 rings (SSSR count). The highest BCUT2D eigenvalue weighted by Crippen LogP contribution is 2.15. The molecular weight excluding hydrogens is 298 g/mol. The Bertz CT molecular complexity index is 679. The topological polar surface area (TPSA) is 88.2 Å². The third kappa shape index (κ3) is 3.78. The number of hydrogen-bond acceptors (Lipinski definition) is 5. The predicted octanol–water partition coefficient (Wildman–Crippen LogP) is 2.16. The third-order valence-corrected chi connectivity index (χ3v) is 4.35. The van der Waals surface area contributed by atoms with Gasteiger partial charge < -0.3 is 5.32 Å². The van der Waals surface area contributed by atoms with E-state index in [9.17, 15) is 13.2 Å². The van der Waals surface area contributed by atoms with E-state index in [1.165, 1.54) is 11.3 Å². The van der Waals surface area contributed by atoms with Crippen LogP contribution in [0.15, 0.2) is 35.2 Å². The molecule has 20 heavy (non-hydrogen) atoms. The fourth-order valence-corrected chi connectivity index (χ4v) is 2.56. The lowest BCUT2D eigenvalue weighted by Crippen LogP contribution is -2.15. The molecule has 1 heterocycles. The summed E-state index contributed by atoms with van der Waals surface area (Å²) in [5.74, 6) is -0.289. The van der Waals surface area contributed by atoms with Gasteiger partial charge in [-0.15, -0.1) is 11.3 Å². The first-order valence-corrected chi connectivity index (χ1v) is 8.40. The van der Waals surface area contributed by atoms with Gasteiger partial charge >= 0.3 is 0 Å². The van der Waals surface area contributed by atoms with Gasteiger partial charge in [0, 0.05) is 16.8 Å². The summed E-state index contributed by atoms with van der Waals surface area (Å²) in [6.45, 7) is 1.56. The number of aromatic nitrogens is 1. The Morgan fingerprint density at radius 3 is 2.45 bits per heavy atom. The summed E-state index contributed by atoms with van der Waals surface area (Å²) in [6, 6.07) is 6.42. The molecule has 6 nitrogen and oxygen atoms in total. The standard InChI is InChI=1S/C12H13N3O3S2/c1-2-20(17,18)15-10-5-3-9(4-6-10)14-12(16)11-7-19-8-13-11/h3-8,15H,2H2,1H3,(H,14,16). The van der Waals surface area contributed by atoms with Crippen LogP contribution in [0.3, 0.4) is 0 Å². The second-order valence-corrected chi connectivity index (χ2v) is 6.64. The summed E-state index contributed by atoms with van der Waals surface area (Å²) in [6.07, 6.45) is 0. The van der Waals surface area contributed by atoms with Gasteiger partial charge in [-0.3, -0.25) is 9.52 Å². The van der Waals surface area contributed by atoms with E-state index < -0.39 is 10.0 Å². The van der Waals surface area contributed by atoms with Crippen LogP contribution in [0.4, 0.5) is 11.4 Å². The molecule has 1 aromatic carbocycles. The minimum absolute atomic E-state index is 0.00924. The summed E-state index contributed by atoms with van der Waals surface area (Å²) in [5, 5.41) is 4.33. The first kappa shape index (κ1) is 14.5. The quantitative estimate of drug-likeness (QED) is 0.885. The largest absolute Gasteiger partial charge is 0.321 e. The molecule has 0 saturated carbocycles. The van der Waals surface area contributed by atoms with Crippen LogP contribution in [-0.4, -0.2) is 25.1 Å². The monoisotopic (exact) mass is 311 g/mol. The molecule has 106 valence electrons. The van der Waals surface area contributed by atoms with Crippen LogP contribution in [0, 0.1) is 0 Å². The molecule has 0 atom stereocenters. The summed E-state index contributed by atoms with van der Waals surface area (Å²) in [5.41, 5.74) is 2.96. The summed E-state index contributed by atoms with van der Waals surface area (Å²) < 4.78 is 25.2. The summed E-state index contributed by atoms with van der Waals surface area (Å²) in [4.78, 5) is 15.7. The van der Waals surface area contributed by atoms with E-state index in [2.05, 4.69) is 15.0 Å². The van der Waals surface area contributed by atoms with Gasteiger partial charge in [-0.1, -0.05) is 0 Å². The lowest BCUT2D eigenvalue weighted by Gasteiger charge is -2.07. The van der Waals surface area contributed by atoms with Crippen molar-refractivity contribution in [1.29, 1.82) is 0 Å². The van der Waals surface area contributed by atoms with Crippen molar-refractivity contribution in [3.63, 3.8) is 0 Å². The van der Waals surface area contributed by atoms with Gasteiger partial charge in [-0.25, -0.2) is 13.4 Å². The van der Waals surface area contributed by atoms with Gasteiger partial charge in [0.1, 0.15) is 5.69 Å². The number of amides is 1. The summed E-state index contributed by atoms with van der Waals surface area (Å²) >= 11 is 1.34. The van der Waals surface area contributed by atoms with Crippen molar-refractivity contribution in [1.82, 2.24) is 4.98 Å². The normalized spacial score (nSPS) is 11.1. The zero-order valence-corrected chi connectivity index (χ0v) is 12.3. The molecule has 8 heteroatoms. The number of nitrogens with zero attached hydrogens (tertiary/aromatic N) is 1. The number of benzene rings is 1. The second-order valence-electron chi connectivity index (χ2n) is 3.91. The average molecular weight is 311 g/mol. The summed E-state index contributed by atoms with van der Waals surface area (Å²) in [7, 11) is -3.29. The minimum Gasteiger partial charge on any atom is -0.321 e. The molecule has 0 spiro atoms. The molecule has 1 aromatic heterocycles. The minimum atomic E-state index is -3.29. The number of anilines is 2. The van der Waals surface area contributed by atoms with E-state index in [-0.39, 0.29) is 11.7 Å². The van der Waals surface area contributed by atoms with E-state index in [1.807, 2.05) is 0 Å². The van der Waals surface area contributed by atoms with Crippen molar-refractivity contribution in [3.8, 4) is 0 Å². The van der Waals surface area contributed by atoms with Gasteiger partial charge in [0.15, 0.2) is 0 Å². The van der Waals surface area contributed by atoms with Crippen molar-refractivity contribution in [2.45, 2.75) is 6.92 Å². The van der Waals surface area contributed by atoms with Crippen molar-refractivity contribution >= 4 is 38.6 Å². The molecule has 0 aliphatic heterocycles. The van der Waals surface area contributed by atoms with Crippen molar-refractivity contribution in [2.24, 2.45) is 0 Å². The molecule has 0 unspecified atom stereocenters. The number of thiazole rings is 1. The lowest BCUT2D eigenvalue weighted by atomic mass is 10.3. The first-order valence-electron chi connectivity index (χ1n) is 5.80. The SMILES string of the molecule is CCS(=O)(=O)Nc1ccc(NC(=O)c2cscn2)cc1. The van der Waals surface area contributed by atoms with Gasteiger partial charge in [0.25, 0.3) is 5.91 Å². The number of sulfonamides is 1. The van der Waals surface area contributed by atoms with Crippen LogP contribution >= 0.6 is 11.3 Å². The van der Waals surface area contributed by atoms with E-state index in [1.54, 1.807) is 42.1 Å². The van der Waals surface area contributed by atoms with Crippen LogP contribution in [0.2, 0.25) is 0 Å². The fourth-order valence-electron chi connectivity index (χ4n) is 1.39. The van der Waals surface area contributed by atoms with Gasteiger partial charge in [0.05, 0.1) is 11.3 Å². The molecule has 2 N–H and O–H groups in total. The van der Waals surface area contributed by atoms with Crippen molar-refractivity contribution in [3.05, 3.63) is 40.8 Å². The molecule has 0 saturated heterocycles. The maximum atomic E-state index is 11.8. The van der Waals surface area contributed by atoms with Crippen molar-refractivity contribution < 1.29 is 13.2 Å². The third-order valence-electron chi connectivity index (χ3n) is 2.46. The molecule has 1 amide bonds. The van der Waals surface area contributed by atoms with Gasteiger partial charge in [-0.2, -0.15) is 0 Å². The molecule has 0 aliphatic rings.